The van der Waals surface area contributed by atoms with E-state index >= 15 is 0 Å². The molecular formula is C13H12ClFN2O2S. The van der Waals surface area contributed by atoms with Crippen LogP contribution in [0.3, 0.4) is 0 Å². The van der Waals surface area contributed by atoms with E-state index in [9.17, 15) is 12.8 Å². The largest absolute Gasteiger partial charge is 0.397 e. The third-order valence-corrected chi connectivity index (χ3v) is 4.42. The van der Waals surface area contributed by atoms with Crippen LogP contribution >= 0.6 is 11.6 Å². The van der Waals surface area contributed by atoms with Gasteiger partial charge in [0.2, 0.25) is 0 Å². The van der Waals surface area contributed by atoms with Crippen LogP contribution in [0.2, 0.25) is 5.02 Å². The van der Waals surface area contributed by atoms with Crippen molar-refractivity contribution in [2.75, 3.05) is 10.5 Å². The molecule has 106 valence electrons. The highest BCUT2D eigenvalue weighted by molar-refractivity contribution is 7.92. The number of rotatable bonds is 3. The SMILES string of the molecule is Cc1ccc(NS(=O)(=O)c2ccc(Cl)c(N)c2)cc1F. The summed E-state index contributed by atoms with van der Waals surface area (Å²) in [6.07, 6.45) is 0. The highest BCUT2D eigenvalue weighted by atomic mass is 35.5. The molecule has 0 saturated carbocycles. The first-order chi connectivity index (χ1) is 9.29. The maximum atomic E-state index is 13.4. The normalized spacial score (nSPS) is 11.3. The molecule has 3 N–H and O–H groups in total. The number of anilines is 2. The van der Waals surface area contributed by atoms with Gasteiger partial charge in [-0.3, -0.25) is 4.72 Å². The van der Waals surface area contributed by atoms with E-state index in [1.54, 1.807) is 6.92 Å². The lowest BCUT2D eigenvalue weighted by atomic mass is 10.2. The van der Waals surface area contributed by atoms with Crippen molar-refractivity contribution in [1.82, 2.24) is 0 Å². The zero-order valence-electron chi connectivity index (χ0n) is 10.5. The quantitative estimate of drug-likeness (QED) is 0.855. The lowest BCUT2D eigenvalue weighted by Crippen LogP contribution is -2.13. The van der Waals surface area contributed by atoms with Crippen LogP contribution in [-0.4, -0.2) is 8.42 Å². The minimum atomic E-state index is -3.84. The Balaban J connectivity index is 2.35. The predicted octanol–water partition coefficient (Wildman–Crippen LogP) is 3.17. The molecule has 0 aromatic heterocycles. The van der Waals surface area contributed by atoms with Gasteiger partial charge in [0.05, 0.1) is 21.3 Å². The van der Waals surface area contributed by atoms with Crippen molar-refractivity contribution >= 4 is 33.0 Å². The van der Waals surface area contributed by atoms with E-state index in [0.717, 1.165) is 6.07 Å². The lowest BCUT2D eigenvalue weighted by Gasteiger charge is -2.10. The Morgan fingerprint density at radius 3 is 2.50 bits per heavy atom. The summed E-state index contributed by atoms with van der Waals surface area (Å²) < 4.78 is 39.9. The van der Waals surface area contributed by atoms with Gasteiger partial charge in [-0.05, 0) is 42.8 Å². The van der Waals surface area contributed by atoms with Crippen molar-refractivity contribution in [3.8, 4) is 0 Å². The summed E-state index contributed by atoms with van der Waals surface area (Å²) in [4.78, 5) is -0.0413. The predicted molar refractivity (Wildman–Crippen MR) is 77.8 cm³/mol. The Morgan fingerprint density at radius 1 is 1.20 bits per heavy atom. The van der Waals surface area contributed by atoms with Crippen LogP contribution in [0.1, 0.15) is 5.56 Å². The van der Waals surface area contributed by atoms with Gasteiger partial charge in [-0.1, -0.05) is 17.7 Å². The molecule has 0 saturated heterocycles. The molecule has 0 aliphatic carbocycles. The Morgan fingerprint density at radius 2 is 1.90 bits per heavy atom. The highest BCUT2D eigenvalue weighted by Crippen LogP contribution is 2.24. The van der Waals surface area contributed by atoms with E-state index in [2.05, 4.69) is 4.72 Å². The summed E-state index contributed by atoms with van der Waals surface area (Å²) in [6, 6.07) is 8.05. The molecule has 0 amide bonds. The molecule has 0 spiro atoms. The molecule has 4 nitrogen and oxygen atoms in total. The number of nitrogens with two attached hydrogens (primary N) is 1. The third-order valence-electron chi connectivity index (χ3n) is 2.70. The van der Waals surface area contributed by atoms with Gasteiger partial charge in [0.25, 0.3) is 10.0 Å². The molecule has 0 aliphatic rings. The molecule has 7 heteroatoms. The van der Waals surface area contributed by atoms with Gasteiger partial charge in [-0.2, -0.15) is 0 Å². The second-order valence-corrected chi connectivity index (χ2v) is 6.34. The van der Waals surface area contributed by atoms with Crippen molar-refractivity contribution in [1.29, 1.82) is 0 Å². The average Bonchev–Trinajstić information content (AvgIpc) is 2.37. The fourth-order valence-corrected chi connectivity index (χ4v) is 2.76. The number of nitrogens with one attached hydrogen (secondary N) is 1. The summed E-state index contributed by atoms with van der Waals surface area (Å²) in [5, 5.41) is 0.269. The Labute approximate surface area is 121 Å². The summed E-state index contributed by atoms with van der Waals surface area (Å²) >= 11 is 5.74. The van der Waals surface area contributed by atoms with Crippen molar-refractivity contribution in [3.63, 3.8) is 0 Å². The molecule has 0 heterocycles. The van der Waals surface area contributed by atoms with Gasteiger partial charge in [-0.15, -0.1) is 0 Å². The van der Waals surface area contributed by atoms with Crippen LogP contribution in [0.5, 0.6) is 0 Å². The topological polar surface area (TPSA) is 72.2 Å². The monoisotopic (exact) mass is 314 g/mol. The van der Waals surface area contributed by atoms with Crippen molar-refractivity contribution in [2.24, 2.45) is 0 Å². The number of halogens is 2. The molecule has 2 rings (SSSR count). The molecule has 0 radical (unpaired) electrons. The van der Waals surface area contributed by atoms with E-state index in [1.807, 2.05) is 0 Å². The fraction of sp³-hybridized carbons (Fsp3) is 0.0769. The number of sulfonamides is 1. The standard InChI is InChI=1S/C13H12ClFN2O2S/c1-8-2-3-9(6-12(8)15)17-20(18,19)10-4-5-11(14)13(16)7-10/h2-7,17H,16H2,1H3. The molecule has 0 aliphatic heterocycles. The number of aryl methyl sites for hydroxylation is 1. The van der Waals surface area contributed by atoms with Crippen LogP contribution in [0.15, 0.2) is 41.3 Å². The first-order valence-corrected chi connectivity index (χ1v) is 7.50. The summed E-state index contributed by atoms with van der Waals surface area (Å²) in [5.41, 5.74) is 6.30. The van der Waals surface area contributed by atoms with Crippen molar-refractivity contribution in [3.05, 3.63) is 52.8 Å². The highest BCUT2D eigenvalue weighted by Gasteiger charge is 2.16. The van der Waals surface area contributed by atoms with Gasteiger partial charge < -0.3 is 5.73 Å². The van der Waals surface area contributed by atoms with Crippen molar-refractivity contribution < 1.29 is 12.8 Å². The van der Waals surface area contributed by atoms with E-state index < -0.39 is 15.8 Å². The Kier molecular flexibility index (Phi) is 3.87. The van der Waals surface area contributed by atoms with Crippen LogP contribution in [0.25, 0.3) is 0 Å². The summed E-state index contributed by atoms with van der Waals surface area (Å²) in [7, 11) is -3.84. The number of nitrogen functional groups attached to an aromatic ring is 1. The van der Waals surface area contributed by atoms with Gasteiger partial charge in [0.1, 0.15) is 5.82 Å². The first-order valence-electron chi connectivity index (χ1n) is 5.63. The van der Waals surface area contributed by atoms with Gasteiger partial charge in [0, 0.05) is 0 Å². The summed E-state index contributed by atoms with van der Waals surface area (Å²) in [6.45, 7) is 1.59. The Hall–Kier alpha value is -1.79. The molecule has 0 bridgehead atoms. The van der Waals surface area contributed by atoms with E-state index in [4.69, 9.17) is 17.3 Å². The lowest BCUT2D eigenvalue weighted by molar-refractivity contribution is 0.601. The van der Waals surface area contributed by atoms with Gasteiger partial charge >= 0.3 is 0 Å². The smallest absolute Gasteiger partial charge is 0.261 e. The number of hydrogen-bond donors (Lipinski definition) is 2. The fourth-order valence-electron chi connectivity index (χ4n) is 1.56. The van der Waals surface area contributed by atoms with E-state index in [-0.39, 0.29) is 21.3 Å². The average molecular weight is 315 g/mol. The molecule has 2 aromatic carbocycles. The zero-order valence-corrected chi connectivity index (χ0v) is 12.1. The molecule has 20 heavy (non-hydrogen) atoms. The van der Waals surface area contributed by atoms with Crippen LogP contribution in [0.4, 0.5) is 15.8 Å². The maximum Gasteiger partial charge on any atom is 0.261 e. The van der Waals surface area contributed by atoms with Crippen LogP contribution in [-0.2, 0) is 10.0 Å². The van der Waals surface area contributed by atoms with Crippen LogP contribution in [0, 0.1) is 12.7 Å². The number of hydrogen-bond acceptors (Lipinski definition) is 3. The molecule has 2 aromatic rings. The second kappa shape index (κ2) is 5.30. The third kappa shape index (κ3) is 3.02. The molecular weight excluding hydrogens is 303 g/mol. The minimum absolute atomic E-state index is 0.0413. The molecule has 0 fully saturated rings. The Bertz CT molecular complexity index is 763. The maximum absolute atomic E-state index is 13.4. The summed E-state index contributed by atoms with van der Waals surface area (Å²) in [5.74, 6) is -0.485. The van der Waals surface area contributed by atoms with E-state index in [0.29, 0.717) is 5.56 Å². The first kappa shape index (κ1) is 14.6. The number of benzene rings is 2. The second-order valence-electron chi connectivity index (χ2n) is 4.25. The van der Waals surface area contributed by atoms with E-state index in [1.165, 1.54) is 30.3 Å². The van der Waals surface area contributed by atoms with Crippen molar-refractivity contribution in [2.45, 2.75) is 11.8 Å². The molecule has 0 unspecified atom stereocenters. The van der Waals surface area contributed by atoms with Crippen LogP contribution < -0.4 is 10.5 Å². The van der Waals surface area contributed by atoms with Gasteiger partial charge in [-0.25, -0.2) is 12.8 Å². The molecule has 0 atom stereocenters. The zero-order chi connectivity index (χ0) is 14.9. The van der Waals surface area contributed by atoms with Gasteiger partial charge in [0.15, 0.2) is 0 Å². The minimum Gasteiger partial charge on any atom is -0.397 e.